The topological polar surface area (TPSA) is 72.4 Å². The molecule has 0 saturated heterocycles. The Balaban J connectivity index is 1.75. The molecule has 5 nitrogen and oxygen atoms in total. The minimum absolute atomic E-state index is 0.125. The van der Waals surface area contributed by atoms with Gasteiger partial charge in [0.05, 0.1) is 5.69 Å². The normalized spacial score (nSPS) is 10.8. The number of benzene rings is 1. The summed E-state index contributed by atoms with van der Waals surface area (Å²) in [4.78, 5) is 17.7. The first-order valence-corrected chi connectivity index (χ1v) is 7.74. The van der Waals surface area contributed by atoms with Crippen molar-refractivity contribution in [3.8, 4) is 0 Å². The summed E-state index contributed by atoms with van der Waals surface area (Å²) in [7, 11) is 0. The molecule has 6 heteroatoms. The maximum atomic E-state index is 12.4. The fourth-order valence-corrected chi connectivity index (χ4v) is 2.57. The van der Waals surface area contributed by atoms with Gasteiger partial charge in [-0.1, -0.05) is 18.2 Å². The van der Waals surface area contributed by atoms with Gasteiger partial charge < -0.3 is 5.32 Å². The number of carbonyl (C=O) groups is 1. The predicted octanol–water partition coefficient (Wildman–Crippen LogP) is 2.54. The Morgan fingerprint density at radius 3 is 2.77 bits per heavy atom. The fraction of sp³-hybridized carbons (Fsp3) is 0.125. The van der Waals surface area contributed by atoms with E-state index in [1.54, 1.807) is 10.5 Å². The lowest BCUT2D eigenvalue weighted by atomic mass is 10.2. The molecule has 0 aliphatic carbocycles. The van der Waals surface area contributed by atoms with Crippen molar-refractivity contribution in [2.75, 3.05) is 0 Å². The third-order valence-electron chi connectivity index (χ3n) is 3.36. The number of amides is 1. The lowest BCUT2D eigenvalue weighted by Crippen LogP contribution is -2.24. The van der Waals surface area contributed by atoms with Crippen LogP contribution in [-0.4, -0.2) is 15.3 Å². The first kappa shape index (κ1) is 14.6. The molecule has 0 unspecified atom stereocenters. The van der Waals surface area contributed by atoms with E-state index in [0.29, 0.717) is 12.2 Å². The number of carbonyl (C=O) groups excluding carboxylic acids is 1. The smallest absolute Gasteiger partial charge is 0.268 e. The van der Waals surface area contributed by atoms with Gasteiger partial charge in [-0.15, -0.1) is 0 Å². The van der Waals surface area contributed by atoms with Crippen molar-refractivity contribution in [2.45, 2.75) is 18.4 Å². The lowest BCUT2D eigenvalue weighted by molar-refractivity contribution is 0.0944. The van der Waals surface area contributed by atoms with Crippen molar-refractivity contribution < 1.29 is 4.79 Å². The molecule has 3 N–H and O–H groups in total. The molecule has 2 heterocycles. The summed E-state index contributed by atoms with van der Waals surface area (Å²) in [6, 6.07) is 13.3. The first-order chi connectivity index (χ1) is 10.7. The minimum Gasteiger partial charge on any atom is -0.347 e. The van der Waals surface area contributed by atoms with Crippen molar-refractivity contribution in [2.24, 2.45) is 5.14 Å². The molecule has 0 bridgehead atoms. The number of pyridine rings is 1. The molecule has 22 heavy (non-hydrogen) atoms. The van der Waals surface area contributed by atoms with Gasteiger partial charge in [0.1, 0.15) is 11.3 Å². The van der Waals surface area contributed by atoms with E-state index in [9.17, 15) is 4.79 Å². The van der Waals surface area contributed by atoms with Gasteiger partial charge in [0.15, 0.2) is 0 Å². The minimum atomic E-state index is -0.125. The van der Waals surface area contributed by atoms with Gasteiger partial charge >= 0.3 is 0 Å². The number of aryl methyl sites for hydroxylation is 1. The highest BCUT2D eigenvalue weighted by Crippen LogP contribution is 2.13. The average Bonchev–Trinajstić information content (AvgIpc) is 2.93. The van der Waals surface area contributed by atoms with Crippen LogP contribution < -0.4 is 10.5 Å². The number of hydrogen-bond donors (Lipinski definition) is 2. The van der Waals surface area contributed by atoms with Crippen LogP contribution in [0.3, 0.4) is 0 Å². The van der Waals surface area contributed by atoms with Crippen LogP contribution in [0.1, 0.15) is 21.7 Å². The Kier molecular flexibility index (Phi) is 4.13. The monoisotopic (exact) mass is 312 g/mol. The van der Waals surface area contributed by atoms with Crippen molar-refractivity contribution in [3.63, 3.8) is 0 Å². The van der Waals surface area contributed by atoms with E-state index in [2.05, 4.69) is 10.3 Å². The van der Waals surface area contributed by atoms with Gasteiger partial charge in [0, 0.05) is 17.6 Å². The largest absolute Gasteiger partial charge is 0.347 e. The van der Waals surface area contributed by atoms with Crippen molar-refractivity contribution >= 4 is 23.5 Å². The Hall–Kier alpha value is -2.31. The second kappa shape index (κ2) is 6.21. The SMILES string of the molecule is Cc1cn2c(C(=O)NCc3ccc(SN)cc3)cccc2n1. The van der Waals surface area contributed by atoms with Crippen LogP contribution in [0.5, 0.6) is 0 Å². The molecule has 0 radical (unpaired) electrons. The highest BCUT2D eigenvalue weighted by atomic mass is 32.2. The Labute approximate surface area is 132 Å². The molecular weight excluding hydrogens is 296 g/mol. The van der Waals surface area contributed by atoms with Gasteiger partial charge in [-0.2, -0.15) is 0 Å². The molecule has 1 aromatic carbocycles. The maximum Gasteiger partial charge on any atom is 0.268 e. The van der Waals surface area contributed by atoms with Crippen LogP contribution in [-0.2, 0) is 6.54 Å². The summed E-state index contributed by atoms with van der Waals surface area (Å²) >= 11 is 1.20. The van der Waals surface area contributed by atoms with E-state index in [1.807, 2.05) is 49.5 Å². The van der Waals surface area contributed by atoms with Gasteiger partial charge in [0.25, 0.3) is 5.91 Å². The van der Waals surface area contributed by atoms with E-state index < -0.39 is 0 Å². The van der Waals surface area contributed by atoms with Crippen molar-refractivity contribution in [3.05, 3.63) is 65.6 Å². The lowest BCUT2D eigenvalue weighted by Gasteiger charge is -2.08. The number of aromatic nitrogens is 2. The van der Waals surface area contributed by atoms with Gasteiger partial charge in [-0.25, -0.2) is 4.98 Å². The second-order valence-electron chi connectivity index (χ2n) is 4.97. The number of rotatable bonds is 4. The molecule has 0 fully saturated rings. The van der Waals surface area contributed by atoms with E-state index in [0.717, 1.165) is 21.8 Å². The first-order valence-electron chi connectivity index (χ1n) is 6.86. The molecule has 0 saturated carbocycles. The third kappa shape index (κ3) is 2.98. The quantitative estimate of drug-likeness (QED) is 0.726. The van der Waals surface area contributed by atoms with Crippen molar-refractivity contribution in [1.29, 1.82) is 0 Å². The molecule has 112 valence electrons. The predicted molar refractivity (Wildman–Crippen MR) is 87.6 cm³/mol. The Bertz CT molecular complexity index is 811. The van der Waals surface area contributed by atoms with E-state index in [4.69, 9.17) is 5.14 Å². The maximum absolute atomic E-state index is 12.4. The molecule has 0 spiro atoms. The zero-order valence-electron chi connectivity index (χ0n) is 12.1. The van der Waals surface area contributed by atoms with Gasteiger partial charge in [0.2, 0.25) is 0 Å². The third-order valence-corrected chi connectivity index (χ3v) is 3.90. The molecule has 1 amide bonds. The van der Waals surface area contributed by atoms with Crippen LogP contribution in [0.15, 0.2) is 53.6 Å². The van der Waals surface area contributed by atoms with Crippen LogP contribution in [0.25, 0.3) is 5.65 Å². The van der Waals surface area contributed by atoms with Crippen LogP contribution in [0.4, 0.5) is 0 Å². The van der Waals surface area contributed by atoms with Crippen LogP contribution >= 0.6 is 11.9 Å². The zero-order valence-corrected chi connectivity index (χ0v) is 12.9. The molecular formula is C16H16N4OS. The molecule has 3 aromatic rings. The number of nitrogens with two attached hydrogens (primary N) is 1. The molecule has 3 rings (SSSR count). The van der Waals surface area contributed by atoms with Crippen molar-refractivity contribution in [1.82, 2.24) is 14.7 Å². The molecule has 0 atom stereocenters. The highest BCUT2D eigenvalue weighted by Gasteiger charge is 2.10. The van der Waals surface area contributed by atoms with Gasteiger partial charge in [-0.3, -0.25) is 14.3 Å². The summed E-state index contributed by atoms with van der Waals surface area (Å²) in [6.07, 6.45) is 1.86. The summed E-state index contributed by atoms with van der Waals surface area (Å²) < 4.78 is 1.80. The van der Waals surface area contributed by atoms with Gasteiger partial charge in [-0.05, 0) is 48.7 Å². The number of nitrogens with one attached hydrogen (secondary N) is 1. The molecule has 0 aliphatic heterocycles. The number of hydrogen-bond acceptors (Lipinski definition) is 4. The zero-order chi connectivity index (χ0) is 15.5. The number of nitrogens with zero attached hydrogens (tertiary/aromatic N) is 2. The number of imidazole rings is 1. The average molecular weight is 312 g/mol. The van der Waals surface area contributed by atoms with Crippen LogP contribution in [0, 0.1) is 6.92 Å². The molecule has 2 aromatic heterocycles. The summed E-state index contributed by atoms with van der Waals surface area (Å²) in [5, 5.41) is 8.42. The van der Waals surface area contributed by atoms with E-state index >= 15 is 0 Å². The summed E-state index contributed by atoms with van der Waals surface area (Å²) in [5.41, 5.74) is 3.26. The van der Waals surface area contributed by atoms with E-state index in [-0.39, 0.29) is 5.91 Å². The van der Waals surface area contributed by atoms with Crippen LogP contribution in [0.2, 0.25) is 0 Å². The fourth-order valence-electron chi connectivity index (χ4n) is 2.28. The molecule has 0 aliphatic rings. The van der Waals surface area contributed by atoms with E-state index in [1.165, 1.54) is 11.9 Å². The standard InChI is InChI=1S/C16H16N4OS/c1-11-10-20-14(3-2-4-15(20)19-11)16(21)18-9-12-5-7-13(22-17)8-6-12/h2-8,10H,9,17H2,1H3,(H,18,21). The Morgan fingerprint density at radius 1 is 1.27 bits per heavy atom. The summed E-state index contributed by atoms with van der Waals surface area (Å²) in [6.45, 7) is 2.38. The number of fused-ring (bicyclic) bond motifs is 1. The second-order valence-corrected chi connectivity index (χ2v) is 5.67. The Morgan fingerprint density at radius 2 is 2.05 bits per heavy atom. The summed E-state index contributed by atoms with van der Waals surface area (Å²) in [5.74, 6) is -0.125. The highest BCUT2D eigenvalue weighted by molar-refractivity contribution is 7.97.